The van der Waals surface area contributed by atoms with E-state index >= 15 is 0 Å². The maximum Gasteiger partial charge on any atom is 0.321 e. The third-order valence-electron chi connectivity index (χ3n) is 4.27. The van der Waals surface area contributed by atoms with Crippen LogP contribution in [0.2, 0.25) is 10.0 Å². The topological polar surface area (TPSA) is 74.3 Å². The molecule has 6 nitrogen and oxygen atoms in total. The maximum absolute atomic E-state index is 12.7. The maximum atomic E-state index is 12.7. The van der Waals surface area contributed by atoms with Gasteiger partial charge in [0.1, 0.15) is 0 Å². The Kier molecular flexibility index (Phi) is 6.02. The van der Waals surface area contributed by atoms with E-state index in [1.54, 1.807) is 54.5 Å². The lowest BCUT2D eigenvalue weighted by Crippen LogP contribution is -2.31. The molecule has 3 aromatic rings. The number of nitrogens with one attached hydrogen (secondary N) is 2. The van der Waals surface area contributed by atoms with Crippen LogP contribution in [-0.2, 0) is 0 Å². The second kappa shape index (κ2) is 8.46. The van der Waals surface area contributed by atoms with E-state index < -0.39 is 5.91 Å². The Morgan fingerprint density at radius 1 is 1.00 bits per heavy atom. The number of benzene rings is 2. The van der Waals surface area contributed by atoms with Gasteiger partial charge in [-0.3, -0.25) is 9.78 Å². The lowest BCUT2D eigenvalue weighted by atomic mass is 10.1. The number of carbonyl (C=O) groups is 2. The highest BCUT2D eigenvalue weighted by Gasteiger charge is 2.17. The van der Waals surface area contributed by atoms with Crippen LogP contribution in [0.25, 0.3) is 10.9 Å². The minimum Gasteiger partial charge on any atom is -0.328 e. The predicted molar refractivity (Wildman–Crippen MR) is 113 cm³/mol. The minimum atomic E-state index is -0.440. The normalized spacial score (nSPS) is 10.6. The van der Waals surface area contributed by atoms with Crippen molar-refractivity contribution in [1.82, 2.24) is 9.88 Å². The quantitative estimate of drug-likeness (QED) is 0.607. The molecule has 28 heavy (non-hydrogen) atoms. The van der Waals surface area contributed by atoms with Crippen LogP contribution in [-0.4, -0.2) is 35.4 Å². The molecule has 8 heteroatoms. The van der Waals surface area contributed by atoms with Gasteiger partial charge in [0.2, 0.25) is 0 Å². The first-order valence-electron chi connectivity index (χ1n) is 8.57. The van der Waals surface area contributed by atoms with Gasteiger partial charge in [-0.05, 0) is 31.2 Å². The minimum absolute atomic E-state index is 0.192. The van der Waals surface area contributed by atoms with Crippen LogP contribution >= 0.6 is 23.2 Å². The number of pyridine rings is 1. The van der Waals surface area contributed by atoms with Gasteiger partial charge in [-0.25, -0.2) is 4.79 Å². The van der Waals surface area contributed by atoms with Crippen LogP contribution in [0.3, 0.4) is 0 Å². The Bertz CT molecular complexity index is 1040. The summed E-state index contributed by atoms with van der Waals surface area (Å²) in [6.45, 7) is 2.46. The highest BCUT2D eigenvalue weighted by molar-refractivity contribution is 6.40. The van der Waals surface area contributed by atoms with Crippen molar-refractivity contribution < 1.29 is 9.59 Å². The van der Waals surface area contributed by atoms with Crippen molar-refractivity contribution in [2.45, 2.75) is 6.92 Å². The number of nitrogens with zero attached hydrogens (tertiary/aromatic N) is 2. The van der Waals surface area contributed by atoms with Crippen molar-refractivity contribution in [2.24, 2.45) is 0 Å². The molecule has 0 aliphatic heterocycles. The highest BCUT2D eigenvalue weighted by Crippen LogP contribution is 2.30. The first-order valence-corrected chi connectivity index (χ1v) is 9.33. The molecule has 2 N–H and O–H groups in total. The molecule has 0 atom stereocenters. The number of para-hydroxylation sites is 1. The zero-order valence-corrected chi connectivity index (χ0v) is 16.8. The summed E-state index contributed by atoms with van der Waals surface area (Å²) in [6.07, 6.45) is 1.57. The molecule has 1 aromatic heterocycles. The van der Waals surface area contributed by atoms with E-state index in [0.29, 0.717) is 28.8 Å². The fourth-order valence-electron chi connectivity index (χ4n) is 2.64. The number of aromatic nitrogens is 1. The standard InChI is InChI=1S/C20H18Cl2N4O2/c1-3-26(2)20(28)25-15-10-11-23-18-12(15)6-4-9-16(18)24-19(27)17-13(21)7-5-8-14(17)22/h4-11H,3H2,1-2H3,(H,24,27)(H,23,25,28). The number of fused-ring (bicyclic) bond motifs is 1. The molecule has 0 bridgehead atoms. The molecule has 0 aliphatic rings. The van der Waals surface area contributed by atoms with Crippen molar-refractivity contribution in [3.63, 3.8) is 0 Å². The molecule has 0 saturated carbocycles. The monoisotopic (exact) mass is 416 g/mol. The van der Waals surface area contributed by atoms with E-state index in [0.717, 1.165) is 0 Å². The van der Waals surface area contributed by atoms with Crippen LogP contribution < -0.4 is 10.6 Å². The fraction of sp³-hybridized carbons (Fsp3) is 0.150. The SMILES string of the molecule is CCN(C)C(=O)Nc1ccnc2c(NC(=O)c3c(Cl)cccc3Cl)cccc12. The summed E-state index contributed by atoms with van der Waals surface area (Å²) in [5, 5.41) is 6.88. The second-order valence-electron chi connectivity index (χ2n) is 6.06. The third kappa shape index (κ3) is 4.03. The molecule has 0 unspecified atom stereocenters. The van der Waals surface area contributed by atoms with Gasteiger partial charge in [-0.15, -0.1) is 0 Å². The van der Waals surface area contributed by atoms with Crippen molar-refractivity contribution >= 4 is 57.4 Å². The molecule has 0 aliphatic carbocycles. The van der Waals surface area contributed by atoms with Gasteiger partial charge < -0.3 is 15.5 Å². The van der Waals surface area contributed by atoms with E-state index in [1.165, 1.54) is 0 Å². The largest absolute Gasteiger partial charge is 0.328 e. The number of halogens is 2. The average molecular weight is 417 g/mol. The zero-order valence-electron chi connectivity index (χ0n) is 15.3. The van der Waals surface area contributed by atoms with Crippen LogP contribution in [0.4, 0.5) is 16.2 Å². The Morgan fingerprint density at radius 2 is 1.68 bits per heavy atom. The number of rotatable bonds is 4. The van der Waals surface area contributed by atoms with Gasteiger partial charge in [-0.2, -0.15) is 0 Å². The van der Waals surface area contributed by atoms with Crippen LogP contribution in [0.15, 0.2) is 48.7 Å². The molecule has 0 fully saturated rings. The molecule has 0 saturated heterocycles. The number of anilines is 2. The Morgan fingerprint density at radius 3 is 2.36 bits per heavy atom. The number of urea groups is 1. The van der Waals surface area contributed by atoms with Gasteiger partial charge in [-0.1, -0.05) is 41.4 Å². The van der Waals surface area contributed by atoms with E-state index in [1.807, 2.05) is 13.0 Å². The number of hydrogen-bond acceptors (Lipinski definition) is 3. The molecule has 1 heterocycles. The van der Waals surface area contributed by atoms with Gasteiger partial charge in [0.15, 0.2) is 0 Å². The summed E-state index contributed by atoms with van der Waals surface area (Å²) in [5.74, 6) is -0.440. The lowest BCUT2D eigenvalue weighted by Gasteiger charge is -2.17. The summed E-state index contributed by atoms with van der Waals surface area (Å²) in [4.78, 5) is 30.8. The average Bonchev–Trinajstić information content (AvgIpc) is 2.67. The van der Waals surface area contributed by atoms with E-state index in [2.05, 4.69) is 15.6 Å². The van der Waals surface area contributed by atoms with E-state index in [-0.39, 0.29) is 21.6 Å². The van der Waals surface area contributed by atoms with Gasteiger partial charge in [0, 0.05) is 25.2 Å². The summed E-state index contributed by atoms with van der Waals surface area (Å²) in [5.41, 5.74) is 1.81. The van der Waals surface area contributed by atoms with Crippen LogP contribution in [0.5, 0.6) is 0 Å². The van der Waals surface area contributed by atoms with Crippen molar-refractivity contribution in [3.8, 4) is 0 Å². The van der Waals surface area contributed by atoms with Gasteiger partial charge in [0.25, 0.3) is 5.91 Å². The molecule has 144 valence electrons. The molecule has 3 rings (SSSR count). The Labute approximate surface area is 172 Å². The van der Waals surface area contributed by atoms with Gasteiger partial charge in [0.05, 0.1) is 32.5 Å². The molecule has 0 spiro atoms. The molecular formula is C20H18Cl2N4O2. The molecule has 0 radical (unpaired) electrons. The predicted octanol–water partition coefficient (Wildman–Crippen LogP) is 5.28. The van der Waals surface area contributed by atoms with E-state index in [9.17, 15) is 9.59 Å². The Hall–Kier alpha value is -2.83. The van der Waals surface area contributed by atoms with Crippen molar-refractivity contribution in [3.05, 3.63) is 64.3 Å². The van der Waals surface area contributed by atoms with Crippen molar-refractivity contribution in [1.29, 1.82) is 0 Å². The summed E-state index contributed by atoms with van der Waals surface area (Å²) < 4.78 is 0. The third-order valence-corrected chi connectivity index (χ3v) is 4.90. The van der Waals surface area contributed by atoms with Crippen LogP contribution in [0, 0.1) is 0 Å². The molecule has 2 aromatic carbocycles. The fourth-order valence-corrected chi connectivity index (χ4v) is 3.21. The summed E-state index contributed by atoms with van der Waals surface area (Å²) in [6, 6.07) is 11.7. The zero-order chi connectivity index (χ0) is 20.3. The number of hydrogen-bond donors (Lipinski definition) is 2. The smallest absolute Gasteiger partial charge is 0.321 e. The highest BCUT2D eigenvalue weighted by atomic mass is 35.5. The van der Waals surface area contributed by atoms with Crippen LogP contribution in [0.1, 0.15) is 17.3 Å². The second-order valence-corrected chi connectivity index (χ2v) is 6.87. The van der Waals surface area contributed by atoms with E-state index in [4.69, 9.17) is 23.2 Å². The summed E-state index contributed by atoms with van der Waals surface area (Å²) in [7, 11) is 1.71. The first kappa shape index (κ1) is 19.9. The summed E-state index contributed by atoms with van der Waals surface area (Å²) >= 11 is 12.2. The van der Waals surface area contributed by atoms with Crippen molar-refractivity contribution in [2.75, 3.05) is 24.2 Å². The van der Waals surface area contributed by atoms with Gasteiger partial charge >= 0.3 is 6.03 Å². The molecular weight excluding hydrogens is 399 g/mol. The number of amides is 3. The molecule has 3 amide bonds. The Balaban J connectivity index is 1.96. The number of carbonyl (C=O) groups excluding carboxylic acids is 2. The lowest BCUT2D eigenvalue weighted by molar-refractivity contribution is 0.102. The first-order chi connectivity index (χ1) is 13.4.